The Kier molecular flexibility index (Phi) is 8.46. The molecule has 0 radical (unpaired) electrons. The van der Waals surface area contributed by atoms with E-state index in [9.17, 15) is 31.1 Å². The van der Waals surface area contributed by atoms with Crippen molar-refractivity contribution in [1.29, 1.82) is 0 Å². The number of para-hydroxylation sites is 1. The molecular formula is C27H17ClF6N6O2S. The predicted octanol–water partition coefficient (Wildman–Crippen LogP) is 7.37. The van der Waals surface area contributed by atoms with Crippen LogP contribution >= 0.6 is 23.4 Å². The zero-order valence-corrected chi connectivity index (χ0v) is 23.0. The molecule has 222 valence electrons. The Balaban J connectivity index is 1.32. The third kappa shape index (κ3) is 7.17. The number of amides is 1. The number of rotatable bonds is 6. The van der Waals surface area contributed by atoms with Crippen molar-refractivity contribution in [3.8, 4) is 22.8 Å². The van der Waals surface area contributed by atoms with Crippen molar-refractivity contribution >= 4 is 46.3 Å². The molecule has 43 heavy (non-hydrogen) atoms. The lowest BCUT2D eigenvalue weighted by Gasteiger charge is -2.29. The van der Waals surface area contributed by atoms with Crippen LogP contribution in [0.15, 0.2) is 83.3 Å². The maximum Gasteiger partial charge on any atom is 0.573 e. The van der Waals surface area contributed by atoms with Gasteiger partial charge in [-0.3, -0.25) is 9.69 Å². The van der Waals surface area contributed by atoms with Crippen LogP contribution in [-0.2, 0) is 11.0 Å². The molecule has 0 atom stereocenters. The molecule has 4 aromatic rings. The van der Waals surface area contributed by atoms with E-state index >= 15 is 0 Å². The highest BCUT2D eigenvalue weighted by Crippen LogP contribution is 2.42. The van der Waals surface area contributed by atoms with Gasteiger partial charge in [0.25, 0.3) is 0 Å². The van der Waals surface area contributed by atoms with Gasteiger partial charge >= 0.3 is 12.5 Å². The third-order valence-corrected chi connectivity index (χ3v) is 7.08. The van der Waals surface area contributed by atoms with E-state index in [1.807, 2.05) is 0 Å². The number of hydrogen-bond donors (Lipinski definition) is 0. The van der Waals surface area contributed by atoms with Crippen LogP contribution < -0.4 is 9.64 Å². The molecule has 1 aromatic heterocycles. The summed E-state index contributed by atoms with van der Waals surface area (Å²) in [5.41, 5.74) is 0.108. The smallest absolute Gasteiger partial charge is 0.406 e. The van der Waals surface area contributed by atoms with Crippen molar-refractivity contribution in [3.05, 3.63) is 89.2 Å². The topological polar surface area (TPSA) is 85.0 Å². The maximum atomic E-state index is 13.7. The highest BCUT2D eigenvalue weighted by molar-refractivity contribution is 8.14. The van der Waals surface area contributed by atoms with Crippen LogP contribution in [0.4, 0.5) is 32.0 Å². The highest BCUT2D eigenvalue weighted by Gasteiger charge is 2.39. The third-order valence-electron chi connectivity index (χ3n) is 5.85. The lowest BCUT2D eigenvalue weighted by atomic mass is 10.1. The number of thioether (sulfide) groups is 1. The quantitative estimate of drug-likeness (QED) is 0.125. The van der Waals surface area contributed by atoms with Crippen LogP contribution in [-0.4, -0.2) is 44.2 Å². The van der Waals surface area contributed by atoms with E-state index in [4.69, 9.17) is 11.6 Å². The number of benzene rings is 3. The van der Waals surface area contributed by atoms with E-state index in [2.05, 4.69) is 25.0 Å². The Labute approximate surface area is 248 Å². The average Bonchev–Trinajstić information content (AvgIpc) is 3.43. The lowest BCUT2D eigenvalue weighted by Crippen LogP contribution is -2.40. The molecule has 0 N–H and O–H groups in total. The number of hydrogen-bond acceptors (Lipinski definition) is 7. The fourth-order valence-electron chi connectivity index (χ4n) is 3.96. The van der Waals surface area contributed by atoms with Crippen molar-refractivity contribution in [1.82, 2.24) is 14.8 Å². The summed E-state index contributed by atoms with van der Waals surface area (Å²) in [7, 11) is 0. The molecule has 3 aromatic carbocycles. The Morgan fingerprint density at radius 2 is 1.70 bits per heavy atom. The average molecular weight is 639 g/mol. The van der Waals surface area contributed by atoms with Gasteiger partial charge in [0.05, 0.1) is 28.2 Å². The normalized spacial score (nSPS) is 15.5. The second-order valence-corrected chi connectivity index (χ2v) is 10.2. The van der Waals surface area contributed by atoms with E-state index in [1.54, 1.807) is 24.3 Å². The van der Waals surface area contributed by atoms with Crippen LogP contribution in [0, 0.1) is 0 Å². The predicted molar refractivity (Wildman–Crippen MR) is 150 cm³/mol. The Morgan fingerprint density at radius 1 is 0.977 bits per heavy atom. The van der Waals surface area contributed by atoms with Crippen LogP contribution in [0.1, 0.15) is 17.5 Å². The van der Waals surface area contributed by atoms with Crippen molar-refractivity contribution < 1.29 is 35.9 Å². The molecule has 8 nitrogen and oxygen atoms in total. The van der Waals surface area contributed by atoms with Gasteiger partial charge in [0.1, 0.15) is 12.1 Å². The molecule has 0 spiro atoms. The number of nitrogens with zero attached hydrogens (tertiary/aromatic N) is 6. The van der Waals surface area contributed by atoms with Gasteiger partial charge in [0.15, 0.2) is 11.0 Å². The minimum Gasteiger partial charge on any atom is -0.406 e. The summed E-state index contributed by atoms with van der Waals surface area (Å²) < 4.78 is 83.5. The zero-order chi connectivity index (χ0) is 30.8. The molecule has 2 heterocycles. The number of carbonyl (C=O) groups excluding carboxylic acids is 1. The summed E-state index contributed by atoms with van der Waals surface area (Å²) in [5.74, 6) is -0.300. The monoisotopic (exact) mass is 638 g/mol. The van der Waals surface area contributed by atoms with E-state index in [0.29, 0.717) is 28.4 Å². The molecule has 0 bridgehead atoms. The van der Waals surface area contributed by atoms with Crippen molar-refractivity contribution in [2.75, 3.05) is 10.7 Å². The van der Waals surface area contributed by atoms with Crippen molar-refractivity contribution in [2.24, 2.45) is 10.2 Å². The van der Waals surface area contributed by atoms with Gasteiger partial charge in [-0.05, 0) is 42.0 Å². The molecule has 0 unspecified atom stereocenters. The minimum absolute atomic E-state index is 0.00103. The maximum absolute atomic E-state index is 13.7. The highest BCUT2D eigenvalue weighted by atomic mass is 35.5. The molecule has 1 saturated heterocycles. The van der Waals surface area contributed by atoms with Gasteiger partial charge in [-0.25, -0.2) is 9.67 Å². The number of aromatic nitrogens is 3. The number of carbonyl (C=O) groups is 1. The first-order chi connectivity index (χ1) is 20.4. The zero-order valence-electron chi connectivity index (χ0n) is 21.5. The summed E-state index contributed by atoms with van der Waals surface area (Å²) in [5, 5.41) is 12.0. The van der Waals surface area contributed by atoms with E-state index < -0.39 is 29.7 Å². The number of alkyl halides is 6. The standard InChI is InChI=1S/C27H17ClF6N6O2S/c28-21-3-1-2-20(26(29,30)31)23(21)40-22(41)12-13-43-25(40)37-36-14-16-4-6-17(7-5-16)24-35-15-39(38-24)18-8-10-19(11-9-18)42-27(32,33)34/h1-11,14-15H,12-13H2. The summed E-state index contributed by atoms with van der Waals surface area (Å²) in [6.07, 6.45) is -6.78. The van der Waals surface area contributed by atoms with Crippen LogP contribution in [0.5, 0.6) is 5.75 Å². The molecule has 1 aliphatic heterocycles. The number of amidine groups is 1. The van der Waals surface area contributed by atoms with Gasteiger partial charge < -0.3 is 4.74 Å². The van der Waals surface area contributed by atoms with Crippen LogP contribution in [0.25, 0.3) is 17.1 Å². The molecule has 1 aliphatic rings. The first-order valence-corrected chi connectivity index (χ1v) is 13.6. The minimum atomic E-state index is -4.79. The van der Waals surface area contributed by atoms with Gasteiger partial charge in [0, 0.05) is 17.7 Å². The van der Waals surface area contributed by atoms with E-state index in [1.165, 1.54) is 35.4 Å². The Bertz CT molecular complexity index is 1690. The van der Waals surface area contributed by atoms with Gasteiger partial charge in [-0.2, -0.15) is 18.3 Å². The first kappa shape index (κ1) is 30.1. The van der Waals surface area contributed by atoms with Gasteiger partial charge in [0.2, 0.25) is 5.91 Å². The number of halogens is 7. The van der Waals surface area contributed by atoms with Gasteiger partial charge in [-0.15, -0.1) is 23.4 Å². The Hall–Kier alpha value is -4.37. The largest absolute Gasteiger partial charge is 0.573 e. The lowest BCUT2D eigenvalue weighted by molar-refractivity contribution is -0.274. The second-order valence-electron chi connectivity index (χ2n) is 8.76. The number of ether oxygens (including phenoxy) is 1. The summed E-state index contributed by atoms with van der Waals surface area (Å²) in [6, 6.07) is 15.1. The fourth-order valence-corrected chi connectivity index (χ4v) is 5.11. The van der Waals surface area contributed by atoms with E-state index in [-0.39, 0.29) is 22.4 Å². The first-order valence-electron chi connectivity index (χ1n) is 12.2. The summed E-state index contributed by atoms with van der Waals surface area (Å²) in [6.45, 7) is 0. The summed E-state index contributed by atoms with van der Waals surface area (Å²) in [4.78, 5) is 17.8. The molecular weight excluding hydrogens is 622 g/mol. The SMILES string of the molecule is O=C1CCSC(=NN=Cc2ccc(-c3ncn(-c4ccc(OC(F)(F)F)cc4)n3)cc2)N1c1c(Cl)cccc1C(F)(F)F. The molecule has 16 heteroatoms. The number of anilines is 1. The van der Waals surface area contributed by atoms with Crippen molar-refractivity contribution in [3.63, 3.8) is 0 Å². The second kappa shape index (κ2) is 12.1. The van der Waals surface area contributed by atoms with Crippen molar-refractivity contribution in [2.45, 2.75) is 19.0 Å². The van der Waals surface area contributed by atoms with Gasteiger partial charge in [-0.1, -0.05) is 53.7 Å². The summed E-state index contributed by atoms with van der Waals surface area (Å²) >= 11 is 7.18. The molecule has 0 aliphatic carbocycles. The molecule has 1 fully saturated rings. The van der Waals surface area contributed by atoms with Crippen LogP contribution in [0.3, 0.4) is 0 Å². The van der Waals surface area contributed by atoms with Crippen LogP contribution in [0.2, 0.25) is 5.02 Å². The Morgan fingerprint density at radius 3 is 2.37 bits per heavy atom. The molecule has 5 rings (SSSR count). The molecule has 0 saturated carbocycles. The molecule has 1 amide bonds. The van der Waals surface area contributed by atoms with E-state index in [0.717, 1.165) is 40.9 Å². The fraction of sp³-hybridized carbons (Fsp3) is 0.148.